The Morgan fingerprint density at radius 1 is 0.886 bits per heavy atom. The van der Waals surface area contributed by atoms with Crippen LogP contribution in [-0.4, -0.2) is 40.4 Å². The van der Waals surface area contributed by atoms with Gasteiger partial charge in [0.15, 0.2) is 0 Å². The van der Waals surface area contributed by atoms with Gasteiger partial charge in [0.2, 0.25) is 9.84 Å². The standard InChI is InChI=1S/C26H23FN2O5S/c1-34-22-8-3-2-6-19(22)17-10-12-18(13-11-17)25(30)28-14-5-15-29-26(31)24-16-20-21(27)7-4-9-23(20)35(24,32)33/h2-4,6-13,16H,5,14-15H2,1H3,(H,28,30)(H,29,31). The highest BCUT2D eigenvalue weighted by Gasteiger charge is 2.35. The summed E-state index contributed by atoms with van der Waals surface area (Å²) in [4.78, 5) is 24.1. The zero-order chi connectivity index (χ0) is 25.0. The number of carbonyl (C=O) groups is 2. The SMILES string of the molecule is COc1ccccc1-c1ccc(C(=O)NCCCNC(=O)C2=Cc3c(F)cccc3S2(=O)=O)cc1. The number of benzene rings is 3. The zero-order valence-corrected chi connectivity index (χ0v) is 19.7. The molecule has 7 nitrogen and oxygen atoms in total. The number of para-hydroxylation sites is 1. The van der Waals surface area contributed by atoms with Gasteiger partial charge in [-0.3, -0.25) is 9.59 Å². The van der Waals surface area contributed by atoms with Gasteiger partial charge in [-0.1, -0.05) is 36.4 Å². The molecule has 2 N–H and O–H groups in total. The molecule has 180 valence electrons. The predicted molar refractivity (Wildman–Crippen MR) is 130 cm³/mol. The number of methoxy groups -OCH3 is 1. The van der Waals surface area contributed by atoms with Crippen molar-refractivity contribution in [1.29, 1.82) is 0 Å². The van der Waals surface area contributed by atoms with E-state index in [-0.39, 0.29) is 29.5 Å². The number of amides is 2. The molecule has 0 unspecified atom stereocenters. The Balaban J connectivity index is 1.27. The fourth-order valence-electron chi connectivity index (χ4n) is 3.77. The maximum Gasteiger partial charge on any atom is 0.263 e. The summed E-state index contributed by atoms with van der Waals surface area (Å²) in [6, 6.07) is 18.4. The van der Waals surface area contributed by atoms with Crippen molar-refractivity contribution in [2.75, 3.05) is 20.2 Å². The molecule has 0 fully saturated rings. The summed E-state index contributed by atoms with van der Waals surface area (Å²) in [6.45, 7) is 0.408. The van der Waals surface area contributed by atoms with Crippen LogP contribution in [0.2, 0.25) is 0 Å². The van der Waals surface area contributed by atoms with E-state index in [2.05, 4.69) is 10.6 Å². The van der Waals surface area contributed by atoms with Gasteiger partial charge in [-0.25, -0.2) is 12.8 Å². The van der Waals surface area contributed by atoms with Crippen molar-refractivity contribution in [3.05, 3.63) is 88.6 Å². The van der Waals surface area contributed by atoms with Gasteiger partial charge in [-0.15, -0.1) is 0 Å². The van der Waals surface area contributed by atoms with Gasteiger partial charge >= 0.3 is 0 Å². The van der Waals surface area contributed by atoms with Gasteiger partial charge < -0.3 is 15.4 Å². The zero-order valence-electron chi connectivity index (χ0n) is 18.9. The molecule has 1 aliphatic heterocycles. The summed E-state index contributed by atoms with van der Waals surface area (Å²) in [5.74, 6) is -1.04. The Morgan fingerprint density at radius 3 is 2.26 bits per heavy atom. The number of rotatable bonds is 8. The highest BCUT2D eigenvalue weighted by molar-refractivity contribution is 7.96. The van der Waals surface area contributed by atoms with Crippen molar-refractivity contribution in [3.63, 3.8) is 0 Å². The Bertz CT molecular complexity index is 1420. The van der Waals surface area contributed by atoms with Crippen LogP contribution in [-0.2, 0) is 14.6 Å². The summed E-state index contributed by atoms with van der Waals surface area (Å²) in [5, 5.41) is 5.28. The Hall–Kier alpha value is -3.98. The van der Waals surface area contributed by atoms with Crippen molar-refractivity contribution in [3.8, 4) is 16.9 Å². The Kier molecular flexibility index (Phi) is 6.97. The second kappa shape index (κ2) is 10.1. The lowest BCUT2D eigenvalue weighted by molar-refractivity contribution is -0.116. The lowest BCUT2D eigenvalue weighted by Crippen LogP contribution is -2.31. The van der Waals surface area contributed by atoms with Gasteiger partial charge in [0.25, 0.3) is 11.8 Å². The second-order valence-corrected chi connectivity index (χ2v) is 9.69. The molecule has 0 bridgehead atoms. The predicted octanol–water partition coefficient (Wildman–Crippen LogP) is 3.57. The molecule has 1 heterocycles. The quantitative estimate of drug-likeness (QED) is 0.467. The molecule has 1 aliphatic rings. The van der Waals surface area contributed by atoms with E-state index >= 15 is 0 Å². The number of carbonyl (C=O) groups excluding carboxylic acids is 2. The molecule has 0 radical (unpaired) electrons. The van der Waals surface area contributed by atoms with E-state index < -0.39 is 26.5 Å². The first-order valence-electron chi connectivity index (χ1n) is 10.9. The highest BCUT2D eigenvalue weighted by atomic mass is 32.2. The van der Waals surface area contributed by atoms with E-state index in [4.69, 9.17) is 4.74 Å². The maximum absolute atomic E-state index is 13.9. The minimum atomic E-state index is -4.06. The maximum atomic E-state index is 13.9. The third-order valence-electron chi connectivity index (χ3n) is 5.58. The molecule has 0 saturated carbocycles. The molecular weight excluding hydrogens is 471 g/mol. The smallest absolute Gasteiger partial charge is 0.263 e. The van der Waals surface area contributed by atoms with E-state index in [1.54, 1.807) is 19.2 Å². The van der Waals surface area contributed by atoms with Crippen LogP contribution in [0.3, 0.4) is 0 Å². The van der Waals surface area contributed by atoms with Crippen LogP contribution >= 0.6 is 0 Å². The molecule has 0 saturated heterocycles. The number of hydrogen-bond donors (Lipinski definition) is 2. The minimum Gasteiger partial charge on any atom is -0.496 e. The van der Waals surface area contributed by atoms with Crippen LogP contribution in [0.1, 0.15) is 22.3 Å². The van der Waals surface area contributed by atoms with Gasteiger partial charge in [-0.05, 0) is 48.4 Å². The molecule has 35 heavy (non-hydrogen) atoms. The van der Waals surface area contributed by atoms with Gasteiger partial charge in [0.05, 0.1) is 12.0 Å². The molecule has 0 atom stereocenters. The minimum absolute atomic E-state index is 0.110. The largest absolute Gasteiger partial charge is 0.496 e. The molecule has 2 amide bonds. The third-order valence-corrected chi connectivity index (χ3v) is 7.40. The number of sulfone groups is 1. The number of halogens is 1. The summed E-state index contributed by atoms with van der Waals surface area (Å²) in [5.41, 5.74) is 2.21. The van der Waals surface area contributed by atoms with E-state index in [1.165, 1.54) is 12.1 Å². The van der Waals surface area contributed by atoms with Crippen LogP contribution in [0.25, 0.3) is 17.2 Å². The fourth-order valence-corrected chi connectivity index (χ4v) is 5.30. The Labute approximate surface area is 202 Å². The van der Waals surface area contributed by atoms with Crippen molar-refractivity contribution in [1.82, 2.24) is 10.6 Å². The Morgan fingerprint density at radius 2 is 1.57 bits per heavy atom. The van der Waals surface area contributed by atoms with Crippen LogP contribution in [0, 0.1) is 5.82 Å². The van der Waals surface area contributed by atoms with Crippen LogP contribution in [0.4, 0.5) is 4.39 Å². The number of fused-ring (bicyclic) bond motifs is 1. The molecule has 0 aliphatic carbocycles. The van der Waals surface area contributed by atoms with Crippen molar-refractivity contribution >= 4 is 27.7 Å². The molecule has 3 aromatic carbocycles. The lowest BCUT2D eigenvalue weighted by Gasteiger charge is -2.10. The van der Waals surface area contributed by atoms with Crippen LogP contribution in [0.15, 0.2) is 76.5 Å². The molecule has 9 heteroatoms. The van der Waals surface area contributed by atoms with Crippen molar-refractivity contribution < 1.29 is 27.1 Å². The highest BCUT2D eigenvalue weighted by Crippen LogP contribution is 2.34. The van der Waals surface area contributed by atoms with Crippen molar-refractivity contribution in [2.24, 2.45) is 0 Å². The van der Waals surface area contributed by atoms with Gasteiger partial charge in [0.1, 0.15) is 16.5 Å². The topological polar surface area (TPSA) is 102 Å². The van der Waals surface area contributed by atoms with E-state index in [0.717, 1.165) is 29.0 Å². The molecule has 3 aromatic rings. The molecule has 0 aromatic heterocycles. The number of nitrogens with one attached hydrogen (secondary N) is 2. The van der Waals surface area contributed by atoms with Crippen LogP contribution in [0.5, 0.6) is 5.75 Å². The normalized spacial score (nSPS) is 13.5. The average Bonchev–Trinajstić information content (AvgIpc) is 3.15. The fraction of sp³-hybridized carbons (Fsp3) is 0.154. The summed E-state index contributed by atoms with van der Waals surface area (Å²) in [7, 11) is -2.45. The number of hydrogen-bond acceptors (Lipinski definition) is 5. The first kappa shape index (κ1) is 24.2. The van der Waals surface area contributed by atoms with Gasteiger partial charge in [0, 0.05) is 29.8 Å². The van der Waals surface area contributed by atoms with Crippen LogP contribution < -0.4 is 15.4 Å². The van der Waals surface area contributed by atoms with Crippen molar-refractivity contribution in [2.45, 2.75) is 11.3 Å². The lowest BCUT2D eigenvalue weighted by atomic mass is 10.0. The first-order valence-corrected chi connectivity index (χ1v) is 12.4. The monoisotopic (exact) mass is 494 g/mol. The molecule has 0 spiro atoms. The van der Waals surface area contributed by atoms with E-state index in [9.17, 15) is 22.4 Å². The number of ether oxygens (including phenoxy) is 1. The summed E-state index contributed by atoms with van der Waals surface area (Å²) >= 11 is 0. The summed E-state index contributed by atoms with van der Waals surface area (Å²) in [6.07, 6.45) is 1.43. The van der Waals surface area contributed by atoms with E-state index in [0.29, 0.717) is 12.0 Å². The first-order chi connectivity index (χ1) is 16.8. The molecule has 4 rings (SSSR count). The second-order valence-electron chi connectivity index (χ2n) is 7.81. The van der Waals surface area contributed by atoms with Gasteiger partial charge in [-0.2, -0.15) is 0 Å². The average molecular weight is 495 g/mol. The molecular formula is C26H23FN2O5S. The third kappa shape index (κ3) is 4.95. The van der Waals surface area contributed by atoms with E-state index in [1.807, 2.05) is 36.4 Å². The summed E-state index contributed by atoms with van der Waals surface area (Å²) < 4.78 is 44.3.